The second-order valence-corrected chi connectivity index (χ2v) is 5.88. The molecule has 3 aromatic rings. The van der Waals surface area contributed by atoms with Gasteiger partial charge in [-0.25, -0.2) is 4.39 Å². The zero-order chi connectivity index (χ0) is 15.0. The zero-order valence-corrected chi connectivity index (χ0v) is 13.1. The standard InChI is InChI=1S/C17H9BrClFO/c18-15-7-5-10(19)9-14(15)17(21)13-6-8-16(20)12-4-2-1-3-11(12)13/h1-9H. The lowest BCUT2D eigenvalue weighted by atomic mass is 9.97. The first-order valence-electron chi connectivity index (χ1n) is 6.25. The summed E-state index contributed by atoms with van der Waals surface area (Å²) in [6, 6.07) is 14.8. The molecular formula is C17H9BrClFO. The van der Waals surface area contributed by atoms with Crippen LogP contribution in [0.1, 0.15) is 15.9 Å². The average molecular weight is 364 g/mol. The fraction of sp³-hybridized carbons (Fsp3) is 0. The van der Waals surface area contributed by atoms with Gasteiger partial charge in [0, 0.05) is 26.0 Å². The Balaban J connectivity index is 2.23. The van der Waals surface area contributed by atoms with Crippen LogP contribution in [0.3, 0.4) is 0 Å². The largest absolute Gasteiger partial charge is 0.289 e. The van der Waals surface area contributed by atoms with Crippen LogP contribution in [0.4, 0.5) is 4.39 Å². The van der Waals surface area contributed by atoms with Crippen LogP contribution >= 0.6 is 27.5 Å². The first kappa shape index (κ1) is 14.2. The Morgan fingerprint density at radius 2 is 1.67 bits per heavy atom. The third-order valence-corrected chi connectivity index (χ3v) is 4.22. The predicted molar refractivity (Wildman–Crippen MR) is 86.5 cm³/mol. The minimum Gasteiger partial charge on any atom is -0.289 e. The fourth-order valence-corrected chi connectivity index (χ4v) is 2.88. The number of halogens is 3. The lowest BCUT2D eigenvalue weighted by Gasteiger charge is -2.08. The molecule has 0 N–H and O–H groups in total. The van der Waals surface area contributed by atoms with Crippen molar-refractivity contribution in [3.63, 3.8) is 0 Å². The van der Waals surface area contributed by atoms with E-state index >= 15 is 0 Å². The van der Waals surface area contributed by atoms with Crippen molar-refractivity contribution in [2.45, 2.75) is 0 Å². The normalized spacial score (nSPS) is 10.8. The van der Waals surface area contributed by atoms with Crippen molar-refractivity contribution in [1.29, 1.82) is 0 Å². The summed E-state index contributed by atoms with van der Waals surface area (Å²) in [6.07, 6.45) is 0. The average Bonchev–Trinajstić information content (AvgIpc) is 2.50. The van der Waals surface area contributed by atoms with Crippen LogP contribution in [0.25, 0.3) is 10.8 Å². The Hall–Kier alpha value is -1.71. The molecular weight excluding hydrogens is 355 g/mol. The van der Waals surface area contributed by atoms with Gasteiger partial charge in [-0.1, -0.05) is 51.8 Å². The van der Waals surface area contributed by atoms with E-state index < -0.39 is 0 Å². The van der Waals surface area contributed by atoms with Crippen LogP contribution in [0.15, 0.2) is 59.1 Å². The van der Waals surface area contributed by atoms with Crippen molar-refractivity contribution in [3.8, 4) is 0 Å². The molecule has 21 heavy (non-hydrogen) atoms. The first-order chi connectivity index (χ1) is 10.1. The van der Waals surface area contributed by atoms with E-state index in [1.165, 1.54) is 12.1 Å². The Morgan fingerprint density at radius 1 is 0.952 bits per heavy atom. The van der Waals surface area contributed by atoms with Crippen LogP contribution in [0.5, 0.6) is 0 Å². The summed E-state index contributed by atoms with van der Waals surface area (Å²) in [5, 5.41) is 1.50. The topological polar surface area (TPSA) is 17.1 Å². The molecule has 0 aliphatic rings. The van der Waals surface area contributed by atoms with Gasteiger partial charge >= 0.3 is 0 Å². The van der Waals surface area contributed by atoms with Crippen LogP contribution in [-0.4, -0.2) is 5.78 Å². The van der Waals surface area contributed by atoms with Crippen LogP contribution < -0.4 is 0 Å². The Morgan fingerprint density at radius 3 is 2.43 bits per heavy atom. The molecule has 0 heterocycles. The Kier molecular flexibility index (Phi) is 3.79. The first-order valence-corrected chi connectivity index (χ1v) is 7.42. The van der Waals surface area contributed by atoms with E-state index in [4.69, 9.17) is 11.6 Å². The van der Waals surface area contributed by atoms with Gasteiger partial charge in [-0.2, -0.15) is 0 Å². The molecule has 0 unspecified atom stereocenters. The molecule has 0 aromatic heterocycles. The molecule has 4 heteroatoms. The van der Waals surface area contributed by atoms with Gasteiger partial charge in [0.15, 0.2) is 5.78 Å². The van der Waals surface area contributed by atoms with Crippen molar-refractivity contribution >= 4 is 44.1 Å². The summed E-state index contributed by atoms with van der Waals surface area (Å²) < 4.78 is 14.5. The van der Waals surface area contributed by atoms with Crippen molar-refractivity contribution < 1.29 is 9.18 Å². The van der Waals surface area contributed by atoms with Crippen LogP contribution in [0, 0.1) is 5.82 Å². The maximum Gasteiger partial charge on any atom is 0.194 e. The molecule has 0 aliphatic heterocycles. The van der Waals surface area contributed by atoms with Crippen molar-refractivity contribution in [3.05, 3.63) is 81.0 Å². The Bertz CT molecular complexity index is 861. The maximum atomic E-state index is 13.8. The Labute approximate surface area is 134 Å². The van der Waals surface area contributed by atoms with Gasteiger partial charge in [0.25, 0.3) is 0 Å². The highest BCUT2D eigenvalue weighted by Gasteiger charge is 2.17. The van der Waals surface area contributed by atoms with Crippen molar-refractivity contribution in [2.75, 3.05) is 0 Å². The van der Waals surface area contributed by atoms with E-state index in [2.05, 4.69) is 15.9 Å². The third-order valence-electron chi connectivity index (χ3n) is 3.29. The van der Waals surface area contributed by atoms with Crippen LogP contribution in [-0.2, 0) is 0 Å². The SMILES string of the molecule is O=C(c1cc(Cl)ccc1Br)c1ccc(F)c2ccccc12. The van der Waals surface area contributed by atoms with Gasteiger partial charge in [-0.15, -0.1) is 0 Å². The fourth-order valence-electron chi connectivity index (χ4n) is 2.28. The highest BCUT2D eigenvalue weighted by Crippen LogP contribution is 2.28. The number of carbonyl (C=O) groups is 1. The number of rotatable bonds is 2. The molecule has 104 valence electrons. The van der Waals surface area contributed by atoms with E-state index in [-0.39, 0.29) is 11.6 Å². The molecule has 3 rings (SSSR count). The highest BCUT2D eigenvalue weighted by molar-refractivity contribution is 9.10. The second-order valence-electron chi connectivity index (χ2n) is 4.59. The minimum atomic E-state index is -0.340. The summed E-state index contributed by atoms with van der Waals surface area (Å²) in [5.74, 6) is -0.534. The molecule has 0 fully saturated rings. The number of hydrogen-bond donors (Lipinski definition) is 0. The van der Waals surface area contributed by atoms with E-state index in [9.17, 15) is 9.18 Å². The molecule has 0 bridgehead atoms. The van der Waals surface area contributed by atoms with Crippen molar-refractivity contribution in [2.24, 2.45) is 0 Å². The predicted octanol–water partition coefficient (Wildman–Crippen LogP) is 5.63. The highest BCUT2D eigenvalue weighted by atomic mass is 79.9. The maximum absolute atomic E-state index is 13.8. The molecule has 0 spiro atoms. The number of carbonyl (C=O) groups excluding carboxylic acids is 1. The molecule has 0 saturated carbocycles. The van der Waals surface area contributed by atoms with Gasteiger partial charge in [0.05, 0.1) is 0 Å². The zero-order valence-electron chi connectivity index (χ0n) is 10.7. The third kappa shape index (κ3) is 2.59. The number of fused-ring (bicyclic) bond motifs is 1. The number of ketones is 1. The lowest BCUT2D eigenvalue weighted by molar-refractivity contribution is 0.103. The number of hydrogen-bond acceptors (Lipinski definition) is 1. The summed E-state index contributed by atoms with van der Waals surface area (Å²) >= 11 is 9.31. The summed E-state index contributed by atoms with van der Waals surface area (Å²) in [6.45, 7) is 0. The molecule has 0 radical (unpaired) electrons. The smallest absolute Gasteiger partial charge is 0.194 e. The monoisotopic (exact) mass is 362 g/mol. The molecule has 0 amide bonds. The second kappa shape index (κ2) is 5.58. The van der Waals surface area contributed by atoms with E-state index in [1.54, 1.807) is 42.5 Å². The lowest BCUT2D eigenvalue weighted by Crippen LogP contribution is -2.04. The van der Waals surface area contributed by atoms with Gasteiger partial charge in [-0.3, -0.25) is 4.79 Å². The quantitative estimate of drug-likeness (QED) is 0.540. The van der Waals surface area contributed by atoms with E-state index in [1.807, 2.05) is 0 Å². The van der Waals surface area contributed by atoms with Crippen LogP contribution in [0.2, 0.25) is 5.02 Å². The molecule has 1 nitrogen and oxygen atoms in total. The van der Waals surface area contributed by atoms with Gasteiger partial charge in [0.2, 0.25) is 0 Å². The van der Waals surface area contributed by atoms with Gasteiger partial charge in [-0.05, 0) is 35.7 Å². The van der Waals surface area contributed by atoms with Gasteiger partial charge in [0.1, 0.15) is 5.82 Å². The molecule has 0 aliphatic carbocycles. The van der Waals surface area contributed by atoms with Crippen molar-refractivity contribution in [1.82, 2.24) is 0 Å². The van der Waals surface area contributed by atoms with E-state index in [0.29, 0.717) is 31.4 Å². The summed E-state index contributed by atoms with van der Waals surface area (Å²) in [5.41, 5.74) is 0.911. The molecule has 0 atom stereocenters. The minimum absolute atomic E-state index is 0.194. The molecule has 0 saturated heterocycles. The summed E-state index contributed by atoms with van der Waals surface area (Å²) in [7, 11) is 0. The number of benzene rings is 3. The van der Waals surface area contributed by atoms with Gasteiger partial charge < -0.3 is 0 Å². The summed E-state index contributed by atoms with van der Waals surface area (Å²) in [4.78, 5) is 12.7. The molecule has 3 aromatic carbocycles. The van der Waals surface area contributed by atoms with E-state index in [0.717, 1.165) is 0 Å².